The maximum Gasteiger partial charge on any atom is 0.326 e. The number of carboxylic acid groups (broad SMARTS) is 1. The fourth-order valence-corrected chi connectivity index (χ4v) is 1.36. The lowest BCUT2D eigenvalue weighted by atomic mass is 10.1. The third kappa shape index (κ3) is 9.01. The standard InChI is InChI=1S/C12H22N2O5/c1-8(2)13-7-6-10(15)14-9(12(17)18)4-5-11(16)19-3/h8-9,13H,4-7H2,1-3H3,(H,14,15)(H,17,18)/t9-/m1/s1. The van der Waals surface area contributed by atoms with Gasteiger partial charge in [-0.15, -0.1) is 0 Å². The third-order valence-electron chi connectivity index (χ3n) is 2.40. The van der Waals surface area contributed by atoms with Gasteiger partial charge >= 0.3 is 11.9 Å². The molecule has 0 saturated heterocycles. The molecule has 110 valence electrons. The van der Waals surface area contributed by atoms with E-state index in [0.29, 0.717) is 6.54 Å². The largest absolute Gasteiger partial charge is 0.480 e. The number of hydrogen-bond acceptors (Lipinski definition) is 5. The van der Waals surface area contributed by atoms with Crippen molar-refractivity contribution in [2.24, 2.45) is 0 Å². The Balaban J connectivity index is 4.08. The van der Waals surface area contributed by atoms with Gasteiger partial charge in [0, 0.05) is 25.4 Å². The molecule has 0 radical (unpaired) electrons. The van der Waals surface area contributed by atoms with Gasteiger partial charge in [0.25, 0.3) is 0 Å². The van der Waals surface area contributed by atoms with E-state index in [4.69, 9.17) is 5.11 Å². The summed E-state index contributed by atoms with van der Waals surface area (Å²) < 4.78 is 4.42. The van der Waals surface area contributed by atoms with Gasteiger partial charge in [-0.2, -0.15) is 0 Å². The molecule has 0 aliphatic heterocycles. The monoisotopic (exact) mass is 274 g/mol. The molecule has 1 amide bonds. The van der Waals surface area contributed by atoms with Crippen LogP contribution in [0.2, 0.25) is 0 Å². The van der Waals surface area contributed by atoms with Gasteiger partial charge in [-0.25, -0.2) is 4.79 Å². The lowest BCUT2D eigenvalue weighted by Crippen LogP contribution is -2.42. The average molecular weight is 274 g/mol. The summed E-state index contributed by atoms with van der Waals surface area (Å²) >= 11 is 0. The Morgan fingerprint density at radius 2 is 1.84 bits per heavy atom. The zero-order valence-electron chi connectivity index (χ0n) is 11.6. The Morgan fingerprint density at radius 1 is 1.21 bits per heavy atom. The second-order valence-corrected chi connectivity index (χ2v) is 4.43. The average Bonchev–Trinajstić information content (AvgIpc) is 2.33. The summed E-state index contributed by atoms with van der Waals surface area (Å²) in [6.07, 6.45) is 0.170. The Morgan fingerprint density at radius 3 is 2.32 bits per heavy atom. The number of esters is 1. The molecule has 0 aromatic heterocycles. The molecule has 7 nitrogen and oxygen atoms in total. The van der Waals surface area contributed by atoms with Crippen molar-refractivity contribution in [1.82, 2.24) is 10.6 Å². The molecule has 0 fully saturated rings. The van der Waals surface area contributed by atoms with Crippen LogP contribution in [0.15, 0.2) is 0 Å². The van der Waals surface area contributed by atoms with Crippen molar-refractivity contribution >= 4 is 17.8 Å². The SMILES string of the molecule is COC(=O)CC[C@@H](NC(=O)CCNC(C)C)C(=O)O. The van der Waals surface area contributed by atoms with Crippen molar-refractivity contribution in [3.05, 3.63) is 0 Å². The summed E-state index contributed by atoms with van der Waals surface area (Å²) in [5.74, 6) is -2.01. The minimum absolute atomic E-state index is 0.0192. The summed E-state index contributed by atoms with van der Waals surface area (Å²) in [4.78, 5) is 33.4. The number of amides is 1. The molecular weight excluding hydrogens is 252 g/mol. The van der Waals surface area contributed by atoms with Gasteiger partial charge in [-0.3, -0.25) is 9.59 Å². The minimum Gasteiger partial charge on any atom is -0.480 e. The zero-order valence-corrected chi connectivity index (χ0v) is 11.6. The van der Waals surface area contributed by atoms with Crippen LogP contribution in [0.1, 0.15) is 33.1 Å². The predicted molar refractivity (Wildman–Crippen MR) is 68.6 cm³/mol. The van der Waals surface area contributed by atoms with Crippen LogP contribution in [0.25, 0.3) is 0 Å². The van der Waals surface area contributed by atoms with Gasteiger partial charge < -0.3 is 20.5 Å². The second-order valence-electron chi connectivity index (χ2n) is 4.43. The maximum absolute atomic E-state index is 11.5. The van der Waals surface area contributed by atoms with Crippen LogP contribution in [-0.4, -0.2) is 48.7 Å². The highest BCUT2D eigenvalue weighted by atomic mass is 16.5. The first-order valence-electron chi connectivity index (χ1n) is 6.19. The van der Waals surface area contributed by atoms with E-state index in [1.54, 1.807) is 0 Å². The minimum atomic E-state index is -1.16. The molecule has 0 aromatic rings. The molecule has 1 atom stereocenters. The molecule has 7 heteroatoms. The van der Waals surface area contributed by atoms with Gasteiger partial charge in [-0.05, 0) is 6.42 Å². The van der Waals surface area contributed by atoms with Gasteiger partial charge in [0.2, 0.25) is 5.91 Å². The van der Waals surface area contributed by atoms with E-state index >= 15 is 0 Å². The molecule has 0 saturated carbocycles. The fraction of sp³-hybridized carbons (Fsp3) is 0.750. The number of methoxy groups -OCH3 is 1. The lowest BCUT2D eigenvalue weighted by Gasteiger charge is -2.14. The summed E-state index contributed by atoms with van der Waals surface area (Å²) in [5, 5.41) is 14.4. The van der Waals surface area contributed by atoms with Crippen LogP contribution >= 0.6 is 0 Å². The van der Waals surface area contributed by atoms with Crippen molar-refractivity contribution in [2.45, 2.75) is 45.2 Å². The van der Waals surface area contributed by atoms with Crippen LogP contribution in [0.3, 0.4) is 0 Å². The van der Waals surface area contributed by atoms with E-state index in [9.17, 15) is 14.4 Å². The molecule has 0 aliphatic carbocycles. The molecule has 0 spiro atoms. The van der Waals surface area contributed by atoms with Crippen LogP contribution < -0.4 is 10.6 Å². The molecule has 0 heterocycles. The first-order valence-corrected chi connectivity index (χ1v) is 6.19. The molecule has 0 rings (SSSR count). The third-order valence-corrected chi connectivity index (χ3v) is 2.40. The Kier molecular flexibility index (Phi) is 8.52. The number of nitrogens with one attached hydrogen (secondary N) is 2. The highest BCUT2D eigenvalue weighted by molar-refractivity contribution is 5.84. The molecule has 19 heavy (non-hydrogen) atoms. The van der Waals surface area contributed by atoms with Crippen molar-refractivity contribution in [3.8, 4) is 0 Å². The van der Waals surface area contributed by atoms with Crippen molar-refractivity contribution in [1.29, 1.82) is 0 Å². The summed E-state index contributed by atoms with van der Waals surface area (Å²) in [6.45, 7) is 4.38. The summed E-state index contributed by atoms with van der Waals surface area (Å²) in [5.41, 5.74) is 0. The lowest BCUT2D eigenvalue weighted by molar-refractivity contribution is -0.144. The molecular formula is C12H22N2O5. The highest BCUT2D eigenvalue weighted by Crippen LogP contribution is 2.00. The van der Waals surface area contributed by atoms with Crippen LogP contribution in [0.4, 0.5) is 0 Å². The predicted octanol–water partition coefficient (Wildman–Crippen LogP) is -0.103. The molecule has 0 bridgehead atoms. The first-order chi connectivity index (χ1) is 8.86. The molecule has 0 aliphatic rings. The van der Waals surface area contributed by atoms with E-state index in [1.807, 2.05) is 13.8 Å². The Hall–Kier alpha value is -1.63. The number of carbonyl (C=O) groups is 3. The number of hydrogen-bond donors (Lipinski definition) is 3. The van der Waals surface area contributed by atoms with Crippen molar-refractivity contribution < 1.29 is 24.2 Å². The van der Waals surface area contributed by atoms with Gasteiger partial charge in [-0.1, -0.05) is 13.8 Å². The number of carboxylic acids is 1. The maximum atomic E-state index is 11.5. The number of ether oxygens (including phenoxy) is 1. The van der Waals surface area contributed by atoms with Gasteiger partial charge in [0.1, 0.15) is 6.04 Å². The van der Waals surface area contributed by atoms with Crippen molar-refractivity contribution in [2.75, 3.05) is 13.7 Å². The zero-order chi connectivity index (χ0) is 14.8. The van der Waals surface area contributed by atoms with Crippen LogP contribution in [-0.2, 0) is 19.1 Å². The molecule has 0 aromatic carbocycles. The van der Waals surface area contributed by atoms with Crippen LogP contribution in [0.5, 0.6) is 0 Å². The number of aliphatic carboxylic acids is 1. The van der Waals surface area contributed by atoms with E-state index in [-0.39, 0.29) is 31.2 Å². The summed E-state index contributed by atoms with van der Waals surface area (Å²) in [7, 11) is 1.23. The van der Waals surface area contributed by atoms with E-state index in [2.05, 4.69) is 15.4 Å². The molecule has 0 unspecified atom stereocenters. The van der Waals surface area contributed by atoms with Crippen molar-refractivity contribution in [3.63, 3.8) is 0 Å². The van der Waals surface area contributed by atoms with Crippen LogP contribution in [0, 0.1) is 0 Å². The van der Waals surface area contributed by atoms with E-state index < -0.39 is 18.0 Å². The number of rotatable bonds is 9. The second kappa shape index (κ2) is 9.32. The fourth-order valence-electron chi connectivity index (χ4n) is 1.36. The quantitative estimate of drug-likeness (QED) is 0.507. The Labute approximate surface area is 112 Å². The molecule has 3 N–H and O–H groups in total. The van der Waals surface area contributed by atoms with E-state index in [0.717, 1.165) is 0 Å². The first kappa shape index (κ1) is 17.4. The normalized spacial score (nSPS) is 12.0. The topological polar surface area (TPSA) is 105 Å². The highest BCUT2D eigenvalue weighted by Gasteiger charge is 2.20. The summed E-state index contributed by atoms with van der Waals surface area (Å²) in [6, 6.07) is -0.798. The van der Waals surface area contributed by atoms with Gasteiger partial charge in [0.15, 0.2) is 0 Å². The smallest absolute Gasteiger partial charge is 0.326 e. The van der Waals surface area contributed by atoms with Gasteiger partial charge in [0.05, 0.1) is 7.11 Å². The van der Waals surface area contributed by atoms with E-state index in [1.165, 1.54) is 7.11 Å². The number of carbonyl (C=O) groups excluding carboxylic acids is 2. The Bertz CT molecular complexity index is 317.